The summed E-state index contributed by atoms with van der Waals surface area (Å²) >= 11 is 22.3. The molecule has 0 radical (unpaired) electrons. The Balaban J connectivity index is 0.618. The number of hydrogen-bond donors (Lipinski definition) is 0. The first kappa shape index (κ1) is 95.1. The van der Waals surface area contributed by atoms with E-state index in [1.165, 1.54) is 0 Å². The summed E-state index contributed by atoms with van der Waals surface area (Å²) in [7, 11) is 0. The van der Waals surface area contributed by atoms with E-state index >= 15 is 0 Å². The normalized spacial score (nSPS) is 11.4. The molecular formula is C144H90Br6. The SMILES string of the molecule is Brc1ccc(-c2cc3cc(c2)c2ccc(cc2)c2ccc(cc2)c2cc(-c4ccc(Br)cc4)cc(c2)c2ccc(cc2)c2ccc(cc2)c2cc(-c4ccc(Br)cc4)cc(c2)c2ccc(cc2)c2ccc(cc2)c2cc(-c4ccc(Br)cc4)cc(c2)c2ccc(cc2)c2ccc(cc2)c2cc(-c4ccc(Br)cc4)cc(c2)c2ccc(cc2)c2ccc(cc2)c2cc(-c4ccc(Br)cc4)cc(c2)c2ccc(cc2)c2ccc3cc2)cc1. The topological polar surface area (TPSA) is 0 Å². The average molecular weight is 2300 g/mol. The third-order valence-electron chi connectivity index (χ3n) is 29.3. The molecule has 0 heterocycles. The third kappa shape index (κ3) is 20.6. The first-order valence-corrected chi connectivity index (χ1v) is 55.1. The van der Waals surface area contributed by atoms with Gasteiger partial charge in [-0.25, -0.2) is 0 Å². The van der Waals surface area contributed by atoms with Gasteiger partial charge in [-0.1, -0.05) is 460 Å². The Bertz CT molecular complexity index is 8270. The molecule has 43 aromatic carbocycles. The van der Waals surface area contributed by atoms with Crippen LogP contribution in [0.2, 0.25) is 0 Å². The zero-order valence-electron chi connectivity index (χ0n) is 81.2. The zero-order chi connectivity index (χ0) is 101. The van der Waals surface area contributed by atoms with E-state index in [1.807, 2.05) is 0 Å². The fraction of sp³-hybridized carbons (Fsp3) is 0. The Labute approximate surface area is 920 Å². The number of rotatable bonds is 6. The summed E-state index contributed by atoms with van der Waals surface area (Å²) in [5.41, 5.74) is 13.8. The molecule has 36 bridgehead atoms. The largest absolute Gasteiger partial charge is 0.0538 e. The van der Waals surface area contributed by atoms with Gasteiger partial charge in [0.15, 0.2) is 0 Å². The van der Waals surface area contributed by atoms with E-state index in [0.717, 1.165) is 288 Å². The van der Waals surface area contributed by atoms with E-state index in [2.05, 4.69) is 642 Å². The van der Waals surface area contributed by atoms with Crippen molar-refractivity contribution in [2.75, 3.05) is 0 Å². The predicted molar refractivity (Wildman–Crippen MR) is 673 cm³/mol. The summed E-state index contributed by atoms with van der Waals surface area (Å²) in [5, 5.41) is 41.3. The fourth-order valence-electron chi connectivity index (χ4n) is 20.9. The summed E-state index contributed by atoms with van der Waals surface area (Å²) in [4.78, 5) is 0. The van der Waals surface area contributed by atoms with Crippen molar-refractivity contribution in [3.8, 4) is 66.8 Å². The first-order chi connectivity index (χ1) is 73.6. The third-order valence-corrected chi connectivity index (χ3v) is 32.5. The molecule has 0 unspecified atom stereocenters. The van der Waals surface area contributed by atoms with E-state index in [9.17, 15) is 0 Å². The van der Waals surface area contributed by atoms with Crippen molar-refractivity contribution in [1.29, 1.82) is 0 Å². The van der Waals surface area contributed by atoms with Crippen LogP contribution in [-0.4, -0.2) is 0 Å². The molecule has 708 valence electrons. The molecule has 0 aromatic heterocycles. The van der Waals surface area contributed by atoms with Crippen molar-refractivity contribution < 1.29 is 0 Å². The Hall–Kier alpha value is -15.8. The van der Waals surface area contributed by atoms with Crippen molar-refractivity contribution in [2.24, 2.45) is 0 Å². The van der Waals surface area contributed by atoms with Crippen LogP contribution in [0.25, 0.3) is 261 Å². The molecule has 0 saturated carbocycles. The monoisotopic (exact) mass is 2290 g/mol. The van der Waals surface area contributed by atoms with Crippen LogP contribution in [-0.2, 0) is 0 Å². The number of hydrogen-bond acceptors (Lipinski definition) is 0. The predicted octanol–water partition coefficient (Wildman–Crippen LogP) is 45.5. The van der Waals surface area contributed by atoms with Crippen LogP contribution in [0.15, 0.2) is 573 Å². The smallest absolute Gasteiger partial charge is 0.0175 e. The lowest BCUT2D eigenvalue weighted by molar-refractivity contribution is 1.62. The Morgan fingerprint density at radius 3 is 0.200 bits per heavy atom. The lowest BCUT2D eigenvalue weighted by Crippen LogP contribution is -1.81. The molecule has 0 nitrogen and oxygen atoms in total. The minimum Gasteiger partial charge on any atom is -0.0538 e. The van der Waals surface area contributed by atoms with Gasteiger partial charge in [0, 0.05) is 26.8 Å². The van der Waals surface area contributed by atoms with Gasteiger partial charge in [-0.15, -0.1) is 0 Å². The number of halogens is 6. The van der Waals surface area contributed by atoms with Gasteiger partial charge in [0.25, 0.3) is 0 Å². The van der Waals surface area contributed by atoms with E-state index in [0.29, 0.717) is 0 Å². The first-order valence-electron chi connectivity index (χ1n) is 50.3. The summed E-state index contributed by atoms with van der Waals surface area (Å²) in [5.74, 6) is 0. The van der Waals surface area contributed by atoms with Crippen LogP contribution in [0.3, 0.4) is 0 Å². The van der Waals surface area contributed by atoms with E-state index in [-0.39, 0.29) is 0 Å². The molecule has 0 atom stereocenters. The van der Waals surface area contributed by atoms with Crippen molar-refractivity contribution in [3.63, 3.8) is 0 Å². The zero-order valence-corrected chi connectivity index (χ0v) is 90.7. The Morgan fingerprint density at radius 1 is 0.0600 bits per heavy atom. The highest BCUT2D eigenvalue weighted by Crippen LogP contribution is 2.41. The van der Waals surface area contributed by atoms with Gasteiger partial charge >= 0.3 is 0 Å². The second-order valence-corrected chi connectivity index (χ2v) is 44.3. The van der Waals surface area contributed by atoms with Gasteiger partial charge in [0.05, 0.1) is 0 Å². The van der Waals surface area contributed by atoms with E-state index < -0.39 is 0 Å². The van der Waals surface area contributed by atoms with Gasteiger partial charge in [0.2, 0.25) is 0 Å². The highest BCUT2D eigenvalue weighted by Gasteiger charge is 2.14. The Kier molecular flexibility index (Phi) is 26.4. The molecule has 43 aromatic rings. The molecule has 0 amide bonds. The molecule has 0 aliphatic carbocycles. The summed E-state index contributed by atoms with van der Waals surface area (Å²) in [6, 6.07) is 203. The standard InChI is InChI=1S/C144H90Br6/c145-139-61-49-115(50-62-139)133-79-121-73-122(80-133)105-29-5-93(6-30-105)94-9-33-107(34-10-94)125-75-126(84-135(83-125)117-53-65-141(147)66-54-117)109-37-13-97(14-38-109)98-17-41-111(42-18-98)129-77-130(88-137(87-129)119-57-69-143(149)70-58-119)113-45-21-101(22-46-113)102-23-47-114(48-24-102)132-78-131(89-138(90-132)120-59-71-144(150)72-60-120)112-43-19-100(20-44-112)99-15-39-110(40-16-99)128-76-127(85-136(86-128)118-55-67-142(148)68-56-118)108-35-11-96(12-36-108)95-7-31-106(32-8-95)124-74-123(81-134(82-124)116-51-63-140(146)64-52-116)104-27-3-92(4-28-104)91-1-25-103(121)26-2-91/h1-90H. The van der Waals surface area contributed by atoms with Gasteiger partial charge in [-0.3, -0.25) is 0 Å². The summed E-state index contributed by atoms with van der Waals surface area (Å²) in [6.45, 7) is 0. The van der Waals surface area contributed by atoms with Crippen LogP contribution in [0, 0.1) is 0 Å². The second-order valence-electron chi connectivity index (χ2n) is 38.8. The molecule has 6 heteroatoms. The van der Waals surface area contributed by atoms with Crippen LogP contribution >= 0.6 is 95.6 Å². The van der Waals surface area contributed by atoms with Gasteiger partial charge in [-0.2, -0.15) is 0 Å². The maximum absolute atomic E-state index is 3.71. The van der Waals surface area contributed by atoms with E-state index in [4.69, 9.17) is 0 Å². The highest BCUT2D eigenvalue weighted by atomic mass is 79.9. The molecule has 150 heavy (non-hydrogen) atoms. The quantitative estimate of drug-likeness (QED) is 0.156. The van der Waals surface area contributed by atoms with Crippen molar-refractivity contribution in [3.05, 3.63) is 573 Å². The lowest BCUT2D eigenvalue weighted by atomic mass is 9.98. The highest BCUT2D eigenvalue weighted by molar-refractivity contribution is 9.11. The molecule has 0 aliphatic rings. The summed E-state index contributed by atoms with van der Waals surface area (Å²) < 4.78 is 6.27. The van der Waals surface area contributed by atoms with Crippen LogP contribution in [0.4, 0.5) is 0 Å². The molecule has 0 aliphatic heterocycles. The van der Waals surface area contributed by atoms with Crippen LogP contribution < -0.4 is 0 Å². The molecular weight excluding hydrogens is 2210 g/mol. The molecule has 0 spiro atoms. The van der Waals surface area contributed by atoms with Crippen molar-refractivity contribution >= 4 is 289 Å². The fourth-order valence-corrected chi connectivity index (χ4v) is 22.5. The van der Waals surface area contributed by atoms with Crippen LogP contribution in [0.1, 0.15) is 0 Å². The molecule has 0 fully saturated rings. The summed E-state index contributed by atoms with van der Waals surface area (Å²) in [6.07, 6.45) is 0. The van der Waals surface area contributed by atoms with Crippen molar-refractivity contribution in [2.45, 2.75) is 0 Å². The molecule has 0 N–H and O–H groups in total. The maximum atomic E-state index is 3.71. The van der Waals surface area contributed by atoms with Crippen LogP contribution in [0.5, 0.6) is 0 Å². The van der Waals surface area contributed by atoms with Gasteiger partial charge < -0.3 is 0 Å². The van der Waals surface area contributed by atoms with Crippen molar-refractivity contribution in [1.82, 2.24) is 0 Å². The Morgan fingerprint density at radius 2 is 0.127 bits per heavy atom. The van der Waals surface area contributed by atoms with Gasteiger partial charge in [0.1, 0.15) is 0 Å². The minimum atomic E-state index is 1.05. The molecule has 0 saturated heterocycles. The second kappa shape index (κ2) is 41.7. The lowest BCUT2D eigenvalue weighted by Gasteiger charge is -2.07. The minimum absolute atomic E-state index is 1.05. The van der Waals surface area contributed by atoms with E-state index in [1.54, 1.807) is 0 Å². The molecule has 43 rings (SSSR count). The maximum Gasteiger partial charge on any atom is 0.0175 e. The number of benzene rings is 24. The average Bonchev–Trinajstić information content (AvgIpc) is 0.799. The van der Waals surface area contributed by atoms with Gasteiger partial charge in [-0.05, 0) is 443 Å².